The first-order valence-electron chi connectivity index (χ1n) is 8.32. The number of hydrogen-bond donors (Lipinski definition) is 1. The molecule has 26 heavy (non-hydrogen) atoms. The summed E-state index contributed by atoms with van der Waals surface area (Å²) in [4.78, 5) is 0. The predicted molar refractivity (Wildman–Crippen MR) is 97.6 cm³/mol. The van der Waals surface area contributed by atoms with Gasteiger partial charge in [-0.2, -0.15) is 0 Å². The van der Waals surface area contributed by atoms with Gasteiger partial charge in [-0.15, -0.1) is 0 Å². The molecule has 0 atom stereocenters. The maximum Gasteiger partial charge on any atom is 0.243 e. The van der Waals surface area contributed by atoms with Crippen LogP contribution in [-0.2, 0) is 19.7 Å². The summed E-state index contributed by atoms with van der Waals surface area (Å²) >= 11 is 6.05. The predicted octanol–water partition coefficient (Wildman–Crippen LogP) is 4.07. The van der Waals surface area contributed by atoms with E-state index in [9.17, 15) is 4.39 Å². The number of hydrogen-bond acceptors (Lipinski definition) is 5. The monoisotopic (exact) mass is 375 g/mol. The van der Waals surface area contributed by atoms with E-state index in [1.807, 2.05) is 24.3 Å². The molecule has 0 spiro atoms. The van der Waals surface area contributed by atoms with Gasteiger partial charge in [-0.05, 0) is 35.0 Å². The van der Waals surface area contributed by atoms with Gasteiger partial charge >= 0.3 is 0 Å². The summed E-state index contributed by atoms with van der Waals surface area (Å²) in [7, 11) is 0. The molecule has 136 valence electrons. The van der Waals surface area contributed by atoms with Gasteiger partial charge in [0.15, 0.2) is 0 Å². The Kier molecular flexibility index (Phi) is 6.01. The number of aromatic nitrogens is 4. The highest BCUT2D eigenvalue weighted by atomic mass is 35.5. The van der Waals surface area contributed by atoms with E-state index in [1.165, 1.54) is 6.07 Å². The smallest absolute Gasteiger partial charge is 0.243 e. The third-order valence-electron chi connectivity index (χ3n) is 3.81. The van der Waals surface area contributed by atoms with E-state index >= 15 is 0 Å². The number of aryl methyl sites for hydroxylation is 1. The van der Waals surface area contributed by atoms with Crippen LogP contribution in [-0.4, -0.2) is 20.2 Å². The van der Waals surface area contributed by atoms with Gasteiger partial charge in [0.25, 0.3) is 0 Å². The zero-order valence-corrected chi connectivity index (χ0v) is 15.1. The second-order valence-electron chi connectivity index (χ2n) is 5.68. The summed E-state index contributed by atoms with van der Waals surface area (Å²) in [6.07, 6.45) is 0.933. The fourth-order valence-electron chi connectivity index (χ4n) is 2.48. The molecule has 0 bridgehead atoms. The summed E-state index contributed by atoms with van der Waals surface area (Å²) in [6.45, 7) is 3.32. The third-order valence-corrected chi connectivity index (χ3v) is 4.16. The van der Waals surface area contributed by atoms with Crippen LogP contribution in [0.5, 0.6) is 5.75 Å². The van der Waals surface area contributed by atoms with E-state index in [0.29, 0.717) is 28.8 Å². The van der Waals surface area contributed by atoms with Crippen molar-refractivity contribution in [1.29, 1.82) is 0 Å². The van der Waals surface area contributed by atoms with Crippen LogP contribution in [0, 0.1) is 5.82 Å². The van der Waals surface area contributed by atoms with Crippen molar-refractivity contribution < 1.29 is 9.13 Å². The van der Waals surface area contributed by atoms with Crippen LogP contribution in [0.3, 0.4) is 0 Å². The van der Waals surface area contributed by atoms with E-state index in [4.69, 9.17) is 16.3 Å². The van der Waals surface area contributed by atoms with Crippen LogP contribution in [0.1, 0.15) is 24.5 Å². The summed E-state index contributed by atoms with van der Waals surface area (Å²) in [5.74, 6) is 0.861. The van der Waals surface area contributed by atoms with Gasteiger partial charge in [0.2, 0.25) is 5.95 Å². The van der Waals surface area contributed by atoms with Crippen LogP contribution in [0.2, 0.25) is 5.02 Å². The van der Waals surface area contributed by atoms with Gasteiger partial charge in [-0.1, -0.05) is 47.9 Å². The molecule has 1 heterocycles. The van der Waals surface area contributed by atoms with E-state index in [0.717, 1.165) is 18.5 Å². The first-order valence-corrected chi connectivity index (χ1v) is 8.70. The Morgan fingerprint density at radius 2 is 2.04 bits per heavy atom. The normalized spacial score (nSPS) is 10.7. The van der Waals surface area contributed by atoms with E-state index in [1.54, 1.807) is 16.8 Å². The molecule has 0 amide bonds. The molecule has 0 aliphatic heterocycles. The van der Waals surface area contributed by atoms with Gasteiger partial charge in [0, 0.05) is 24.2 Å². The van der Waals surface area contributed by atoms with Crippen molar-refractivity contribution in [3.63, 3.8) is 0 Å². The van der Waals surface area contributed by atoms with Crippen molar-refractivity contribution in [2.45, 2.75) is 33.0 Å². The molecule has 1 aromatic heterocycles. The zero-order valence-electron chi connectivity index (χ0n) is 14.3. The quantitative estimate of drug-likeness (QED) is 0.643. The molecule has 3 rings (SSSR count). The average molecular weight is 376 g/mol. The Bertz CT molecular complexity index is 850. The van der Waals surface area contributed by atoms with Crippen LogP contribution >= 0.6 is 11.6 Å². The molecule has 0 fully saturated rings. The number of rotatable bonds is 8. The fourth-order valence-corrected chi connectivity index (χ4v) is 2.70. The van der Waals surface area contributed by atoms with Gasteiger partial charge in [0.1, 0.15) is 18.2 Å². The van der Waals surface area contributed by atoms with E-state index in [-0.39, 0.29) is 12.4 Å². The lowest BCUT2D eigenvalue weighted by Crippen LogP contribution is -2.10. The van der Waals surface area contributed by atoms with Gasteiger partial charge < -0.3 is 10.1 Å². The number of para-hydroxylation sites is 1. The van der Waals surface area contributed by atoms with Gasteiger partial charge in [-0.3, -0.25) is 0 Å². The number of halogens is 2. The molecule has 2 aromatic carbocycles. The second-order valence-corrected chi connectivity index (χ2v) is 6.08. The Labute approximate surface area is 155 Å². The molecule has 0 unspecified atom stereocenters. The molecule has 0 saturated carbocycles. The summed E-state index contributed by atoms with van der Waals surface area (Å²) in [6, 6.07) is 12.1. The lowest BCUT2D eigenvalue weighted by molar-refractivity contribution is 0.297. The molecule has 3 aromatic rings. The molecule has 8 heteroatoms. The van der Waals surface area contributed by atoms with Crippen molar-refractivity contribution >= 4 is 17.5 Å². The average Bonchev–Trinajstić information content (AvgIpc) is 3.08. The lowest BCUT2D eigenvalue weighted by atomic mass is 10.2. The van der Waals surface area contributed by atoms with Crippen molar-refractivity contribution in [1.82, 2.24) is 20.2 Å². The van der Waals surface area contributed by atoms with E-state index < -0.39 is 0 Å². The molecule has 0 aliphatic carbocycles. The van der Waals surface area contributed by atoms with Gasteiger partial charge in [0.05, 0.1) is 5.02 Å². The maximum absolute atomic E-state index is 13.9. The standard InChI is InChI=1S/C18H19ClFN5O/c1-2-10-25-18(22-23-24-25)21-11-13-6-3-4-9-17(13)26-12-14-15(19)7-5-8-16(14)20/h3-9H,2,10-12H2,1H3,(H,21,22,24). The van der Waals surface area contributed by atoms with Crippen molar-refractivity contribution in [3.05, 3.63) is 64.4 Å². The SMILES string of the molecule is CCCn1nnnc1NCc1ccccc1OCc1c(F)cccc1Cl. The van der Waals surface area contributed by atoms with Crippen LogP contribution in [0.4, 0.5) is 10.3 Å². The number of nitrogens with zero attached hydrogens (tertiary/aromatic N) is 4. The molecule has 6 nitrogen and oxygen atoms in total. The first-order chi connectivity index (χ1) is 12.7. The molecule has 1 N–H and O–H groups in total. The fraction of sp³-hybridized carbons (Fsp3) is 0.278. The molecular formula is C18H19ClFN5O. The number of ether oxygens (including phenoxy) is 1. The molecule has 0 aliphatic rings. The lowest BCUT2D eigenvalue weighted by Gasteiger charge is -2.13. The summed E-state index contributed by atoms with van der Waals surface area (Å²) < 4.78 is 21.4. The number of anilines is 1. The molecular weight excluding hydrogens is 357 g/mol. The highest BCUT2D eigenvalue weighted by molar-refractivity contribution is 6.31. The maximum atomic E-state index is 13.9. The van der Waals surface area contributed by atoms with Crippen LogP contribution in [0.15, 0.2) is 42.5 Å². The molecule has 0 saturated heterocycles. The second kappa shape index (κ2) is 8.62. The highest BCUT2D eigenvalue weighted by Gasteiger charge is 2.11. The van der Waals surface area contributed by atoms with Gasteiger partial charge in [-0.25, -0.2) is 9.07 Å². The highest BCUT2D eigenvalue weighted by Crippen LogP contribution is 2.24. The molecule has 0 radical (unpaired) electrons. The largest absolute Gasteiger partial charge is 0.488 e. The minimum Gasteiger partial charge on any atom is -0.488 e. The minimum atomic E-state index is -0.383. The number of nitrogens with one attached hydrogen (secondary N) is 1. The van der Waals surface area contributed by atoms with Crippen molar-refractivity contribution in [2.75, 3.05) is 5.32 Å². The van der Waals surface area contributed by atoms with Crippen molar-refractivity contribution in [3.8, 4) is 5.75 Å². The first kappa shape index (κ1) is 18.1. The Balaban J connectivity index is 1.69. The summed E-state index contributed by atoms with van der Waals surface area (Å²) in [5.41, 5.74) is 1.25. The minimum absolute atomic E-state index is 0.0517. The third kappa shape index (κ3) is 4.29. The topological polar surface area (TPSA) is 64.9 Å². The Morgan fingerprint density at radius 3 is 2.85 bits per heavy atom. The summed E-state index contributed by atoms with van der Waals surface area (Å²) in [5, 5.41) is 15.2. The van der Waals surface area contributed by atoms with Crippen molar-refractivity contribution in [2.24, 2.45) is 0 Å². The Hall–Kier alpha value is -2.67. The van der Waals surface area contributed by atoms with Crippen LogP contribution < -0.4 is 10.1 Å². The zero-order chi connectivity index (χ0) is 18.4. The van der Waals surface area contributed by atoms with Crippen LogP contribution in [0.25, 0.3) is 0 Å². The van der Waals surface area contributed by atoms with E-state index in [2.05, 4.69) is 27.8 Å². The Morgan fingerprint density at radius 1 is 1.19 bits per heavy atom. The number of tetrazole rings is 1. The number of benzene rings is 2.